The predicted octanol–water partition coefficient (Wildman–Crippen LogP) is 4.43. The standard InChI is InChI=1S/C28H29BrIN3O7S/c1-3-38-25-16-20(14-23(29)27(25)40-18-26(34)39-4-2)17-31-32-28(35)24(15-19-8-6-5-7-9-19)33-41(36,37)22-12-10-21(30)11-13-22/h5-14,16-17,24,33H,3-4,15,18H2,1-2H3,(H,32,35)/b31-17-/t24-/m1/s1. The minimum absolute atomic E-state index is 0.0471. The van der Waals surface area contributed by atoms with E-state index in [0.717, 1.165) is 9.13 Å². The molecule has 0 unspecified atom stereocenters. The Hall–Kier alpha value is -3.01. The number of hydrazone groups is 1. The molecule has 0 fully saturated rings. The van der Waals surface area contributed by atoms with Gasteiger partial charge in [0.25, 0.3) is 5.91 Å². The molecule has 13 heteroatoms. The van der Waals surface area contributed by atoms with E-state index in [2.05, 4.69) is 53.8 Å². The van der Waals surface area contributed by atoms with Gasteiger partial charge in [0.05, 0.1) is 28.8 Å². The highest BCUT2D eigenvalue weighted by Crippen LogP contribution is 2.36. The van der Waals surface area contributed by atoms with Gasteiger partial charge in [0.2, 0.25) is 10.0 Å². The lowest BCUT2D eigenvalue weighted by Gasteiger charge is -2.17. The Morgan fingerprint density at radius 2 is 1.73 bits per heavy atom. The molecule has 3 aromatic carbocycles. The Labute approximate surface area is 261 Å². The number of rotatable bonds is 14. The van der Waals surface area contributed by atoms with Gasteiger partial charge < -0.3 is 14.2 Å². The topological polar surface area (TPSA) is 132 Å². The highest BCUT2D eigenvalue weighted by molar-refractivity contribution is 14.1. The number of nitrogens with one attached hydrogen (secondary N) is 2. The third-order valence-electron chi connectivity index (χ3n) is 5.38. The zero-order chi connectivity index (χ0) is 29.8. The second-order valence-corrected chi connectivity index (χ2v) is 12.2. The van der Waals surface area contributed by atoms with Crippen LogP contribution in [0.15, 0.2) is 81.2 Å². The van der Waals surface area contributed by atoms with Crippen LogP contribution in [0.2, 0.25) is 0 Å². The summed E-state index contributed by atoms with van der Waals surface area (Å²) in [6.45, 7) is 3.78. The van der Waals surface area contributed by atoms with Crippen molar-refractivity contribution in [2.75, 3.05) is 19.8 Å². The second-order valence-electron chi connectivity index (χ2n) is 8.41. The molecular weight excluding hydrogens is 729 g/mol. The van der Waals surface area contributed by atoms with Crippen molar-refractivity contribution in [2.24, 2.45) is 5.10 Å². The molecule has 3 rings (SSSR count). The fourth-order valence-corrected chi connectivity index (χ4v) is 5.68. The molecule has 0 aromatic heterocycles. The smallest absolute Gasteiger partial charge is 0.344 e. The van der Waals surface area contributed by atoms with Crippen molar-refractivity contribution in [3.05, 3.63) is 85.9 Å². The van der Waals surface area contributed by atoms with E-state index in [1.807, 2.05) is 18.2 Å². The first-order chi connectivity index (χ1) is 19.6. The van der Waals surface area contributed by atoms with Crippen molar-refractivity contribution in [1.82, 2.24) is 10.1 Å². The third-order valence-corrected chi connectivity index (χ3v) is 8.18. The molecule has 0 aliphatic carbocycles. The molecule has 3 aromatic rings. The molecule has 0 bridgehead atoms. The van der Waals surface area contributed by atoms with E-state index in [0.29, 0.717) is 28.1 Å². The average Bonchev–Trinajstić information content (AvgIpc) is 2.93. The number of ether oxygens (including phenoxy) is 3. The molecule has 1 amide bonds. The number of carbonyl (C=O) groups excluding carboxylic acids is 2. The van der Waals surface area contributed by atoms with E-state index in [4.69, 9.17) is 14.2 Å². The van der Waals surface area contributed by atoms with Crippen LogP contribution in [0.4, 0.5) is 0 Å². The van der Waals surface area contributed by atoms with Crippen LogP contribution >= 0.6 is 38.5 Å². The molecule has 0 aliphatic rings. The van der Waals surface area contributed by atoms with Crippen molar-refractivity contribution in [2.45, 2.75) is 31.2 Å². The van der Waals surface area contributed by atoms with Crippen molar-refractivity contribution < 1.29 is 32.2 Å². The van der Waals surface area contributed by atoms with Crippen LogP contribution in [0.5, 0.6) is 11.5 Å². The summed E-state index contributed by atoms with van der Waals surface area (Å²) in [6.07, 6.45) is 1.49. The Morgan fingerprint density at radius 3 is 2.39 bits per heavy atom. The number of halogens is 2. The molecule has 0 radical (unpaired) electrons. The normalized spacial score (nSPS) is 12.1. The Balaban J connectivity index is 1.78. The van der Waals surface area contributed by atoms with Gasteiger partial charge in [0.1, 0.15) is 6.04 Å². The van der Waals surface area contributed by atoms with Gasteiger partial charge in [-0.25, -0.2) is 18.6 Å². The molecule has 41 heavy (non-hydrogen) atoms. The van der Waals surface area contributed by atoms with Crippen LogP contribution in [0, 0.1) is 3.57 Å². The van der Waals surface area contributed by atoms with E-state index < -0.39 is 27.9 Å². The number of carbonyl (C=O) groups is 2. The molecular formula is C28H29BrIN3O7S. The van der Waals surface area contributed by atoms with Crippen LogP contribution in [0.3, 0.4) is 0 Å². The molecule has 2 N–H and O–H groups in total. The van der Waals surface area contributed by atoms with Gasteiger partial charge in [-0.05, 0) is 106 Å². The summed E-state index contributed by atoms with van der Waals surface area (Å²) >= 11 is 5.50. The molecule has 0 saturated heterocycles. The summed E-state index contributed by atoms with van der Waals surface area (Å²) in [5.74, 6) is -0.490. The second kappa shape index (κ2) is 15.8. The van der Waals surface area contributed by atoms with E-state index >= 15 is 0 Å². The maximum absolute atomic E-state index is 13.1. The van der Waals surface area contributed by atoms with Gasteiger partial charge in [-0.2, -0.15) is 9.82 Å². The molecule has 10 nitrogen and oxygen atoms in total. The quantitative estimate of drug-likeness (QED) is 0.108. The van der Waals surface area contributed by atoms with Gasteiger partial charge >= 0.3 is 5.97 Å². The van der Waals surface area contributed by atoms with Crippen molar-refractivity contribution >= 4 is 66.6 Å². The third kappa shape index (κ3) is 10.1. The van der Waals surface area contributed by atoms with Crippen LogP contribution in [0.25, 0.3) is 0 Å². The lowest BCUT2D eigenvalue weighted by Crippen LogP contribution is -2.46. The Bertz CT molecular complexity index is 1470. The van der Waals surface area contributed by atoms with Gasteiger partial charge in [-0.15, -0.1) is 0 Å². The summed E-state index contributed by atoms with van der Waals surface area (Å²) in [5, 5.41) is 4.04. The SMILES string of the molecule is CCOC(=O)COc1c(Br)cc(/C=N\NC(=O)[C@@H](Cc2ccccc2)NS(=O)(=O)c2ccc(I)cc2)cc1OCC. The maximum atomic E-state index is 13.1. The largest absolute Gasteiger partial charge is 0.490 e. The first-order valence-electron chi connectivity index (χ1n) is 12.5. The van der Waals surface area contributed by atoms with Crippen molar-refractivity contribution in [3.8, 4) is 11.5 Å². The minimum Gasteiger partial charge on any atom is -0.490 e. The molecule has 0 saturated carbocycles. The van der Waals surface area contributed by atoms with Crippen LogP contribution in [-0.2, 0) is 30.8 Å². The van der Waals surface area contributed by atoms with Crippen LogP contribution in [-0.4, -0.2) is 52.4 Å². The molecule has 0 aliphatic heterocycles. The van der Waals surface area contributed by atoms with Gasteiger partial charge in [-0.1, -0.05) is 30.3 Å². The summed E-state index contributed by atoms with van der Waals surface area (Å²) in [5.41, 5.74) is 3.74. The maximum Gasteiger partial charge on any atom is 0.344 e. The molecule has 0 spiro atoms. The summed E-state index contributed by atoms with van der Waals surface area (Å²) in [6, 6.07) is 17.5. The van der Waals surface area contributed by atoms with Gasteiger partial charge in [0.15, 0.2) is 18.1 Å². The lowest BCUT2D eigenvalue weighted by molar-refractivity contribution is -0.145. The summed E-state index contributed by atoms with van der Waals surface area (Å²) in [7, 11) is -3.99. The van der Waals surface area contributed by atoms with Crippen LogP contribution in [0.1, 0.15) is 25.0 Å². The minimum atomic E-state index is -3.99. The number of amides is 1. The number of esters is 1. The Kier molecular flexibility index (Phi) is 12.6. The predicted molar refractivity (Wildman–Crippen MR) is 167 cm³/mol. The first kappa shape index (κ1) is 32.5. The van der Waals surface area contributed by atoms with E-state index in [1.165, 1.54) is 18.3 Å². The van der Waals surface area contributed by atoms with Gasteiger partial charge in [0, 0.05) is 3.57 Å². The Morgan fingerprint density at radius 1 is 1.02 bits per heavy atom. The van der Waals surface area contributed by atoms with Crippen LogP contribution < -0.4 is 19.6 Å². The van der Waals surface area contributed by atoms with E-state index in [-0.39, 0.29) is 24.5 Å². The number of hydrogen-bond donors (Lipinski definition) is 2. The lowest BCUT2D eigenvalue weighted by atomic mass is 10.1. The summed E-state index contributed by atoms with van der Waals surface area (Å²) < 4.78 is 46.1. The van der Waals surface area contributed by atoms with E-state index in [9.17, 15) is 18.0 Å². The van der Waals surface area contributed by atoms with Crippen molar-refractivity contribution in [3.63, 3.8) is 0 Å². The average molecular weight is 758 g/mol. The van der Waals surface area contributed by atoms with Crippen molar-refractivity contribution in [1.29, 1.82) is 0 Å². The zero-order valence-electron chi connectivity index (χ0n) is 22.3. The first-order valence-corrected chi connectivity index (χ1v) is 15.9. The number of benzene rings is 3. The fourth-order valence-electron chi connectivity index (χ4n) is 3.55. The summed E-state index contributed by atoms with van der Waals surface area (Å²) in [4.78, 5) is 24.9. The highest BCUT2D eigenvalue weighted by atomic mass is 127. The number of sulfonamides is 1. The highest BCUT2D eigenvalue weighted by Gasteiger charge is 2.26. The molecule has 1 atom stereocenters. The number of nitrogens with zero attached hydrogens (tertiary/aromatic N) is 1. The number of hydrogen-bond acceptors (Lipinski definition) is 8. The molecule has 218 valence electrons. The van der Waals surface area contributed by atoms with Gasteiger partial charge in [-0.3, -0.25) is 4.79 Å². The van der Waals surface area contributed by atoms with E-state index in [1.54, 1.807) is 50.2 Å². The zero-order valence-corrected chi connectivity index (χ0v) is 26.9. The monoisotopic (exact) mass is 757 g/mol. The fraction of sp³-hybridized carbons (Fsp3) is 0.250. The molecule has 0 heterocycles.